The molecule has 0 bridgehead atoms. The van der Waals surface area contributed by atoms with Gasteiger partial charge in [-0.05, 0) is 0 Å². The van der Waals surface area contributed by atoms with Crippen LogP contribution in [0.15, 0.2) is 59.1 Å². The van der Waals surface area contributed by atoms with Gasteiger partial charge in [-0.15, -0.1) is 0 Å². The van der Waals surface area contributed by atoms with Gasteiger partial charge in [-0.1, -0.05) is 0 Å². The number of halogens is 1. The molecule has 0 amide bonds. The number of hydrogen-bond donors (Lipinski definition) is 0. The van der Waals surface area contributed by atoms with Crippen LogP contribution in [0.25, 0.3) is 15.6 Å². The molecule has 0 spiro atoms. The maximum atomic E-state index is 14.7. The first-order valence-corrected chi connectivity index (χ1v) is 10.9. The Balaban J connectivity index is 1.78. The van der Waals surface area contributed by atoms with Crippen LogP contribution in [0.2, 0.25) is 0 Å². The van der Waals surface area contributed by atoms with Crippen LogP contribution in [0.4, 0.5) is 4.39 Å². The third-order valence-corrected chi connectivity index (χ3v) is 7.38. The van der Waals surface area contributed by atoms with E-state index in [0.717, 1.165) is 36.0 Å². The van der Waals surface area contributed by atoms with Gasteiger partial charge in [0, 0.05) is 0 Å². The van der Waals surface area contributed by atoms with Crippen molar-refractivity contribution in [2.24, 2.45) is 0 Å². The van der Waals surface area contributed by atoms with Crippen LogP contribution in [-0.2, 0) is 6.42 Å². The Morgan fingerprint density at radius 3 is 2.21 bits per heavy atom. The zero-order valence-corrected chi connectivity index (χ0v) is 16.5. The van der Waals surface area contributed by atoms with Gasteiger partial charge >= 0.3 is 151 Å². The second-order valence-electron chi connectivity index (χ2n) is 6.29. The minimum atomic E-state index is -0.329. The molecule has 1 heterocycles. The SMILES string of the molecule is CCCC1=CC=C(c2ccc(-c3ccc(CCC)cc3)cc2F)[SeH2]1. The molecule has 0 N–H and O–H groups in total. The zero-order valence-electron chi connectivity index (χ0n) is 14.4. The first-order chi connectivity index (χ1) is 11.7. The number of hydrogen-bond acceptors (Lipinski definition) is 0. The van der Waals surface area contributed by atoms with Crippen molar-refractivity contribution in [1.82, 2.24) is 0 Å². The molecule has 2 aromatic rings. The molecular formula is C22H25FSe. The van der Waals surface area contributed by atoms with E-state index in [1.807, 2.05) is 6.07 Å². The van der Waals surface area contributed by atoms with Crippen LogP contribution in [0, 0.1) is 5.82 Å². The number of aryl methyl sites for hydroxylation is 1. The van der Waals surface area contributed by atoms with E-state index >= 15 is 0 Å². The van der Waals surface area contributed by atoms with Crippen LogP contribution in [0.1, 0.15) is 44.2 Å². The summed E-state index contributed by atoms with van der Waals surface area (Å²) < 4.78 is 17.4. The Bertz CT molecular complexity index is 769. The van der Waals surface area contributed by atoms with Gasteiger partial charge in [-0.3, -0.25) is 0 Å². The quantitative estimate of drug-likeness (QED) is 0.562. The maximum absolute atomic E-state index is 14.7. The molecule has 0 unspecified atom stereocenters. The summed E-state index contributed by atoms with van der Waals surface area (Å²) in [5.74, 6) is -0.0914. The van der Waals surface area contributed by atoms with Crippen molar-refractivity contribution in [3.63, 3.8) is 0 Å². The summed E-state index contributed by atoms with van der Waals surface area (Å²) in [6.07, 6.45) is 8.91. The molecule has 0 radical (unpaired) electrons. The minimum absolute atomic E-state index is 0.0914. The van der Waals surface area contributed by atoms with Crippen molar-refractivity contribution in [3.05, 3.63) is 76.0 Å². The van der Waals surface area contributed by atoms with Crippen molar-refractivity contribution < 1.29 is 4.39 Å². The second-order valence-corrected chi connectivity index (χ2v) is 9.29. The van der Waals surface area contributed by atoms with Gasteiger partial charge in [-0.2, -0.15) is 0 Å². The van der Waals surface area contributed by atoms with Gasteiger partial charge in [0.25, 0.3) is 0 Å². The predicted molar refractivity (Wildman–Crippen MR) is 105 cm³/mol. The van der Waals surface area contributed by atoms with E-state index in [1.54, 1.807) is 6.07 Å². The van der Waals surface area contributed by atoms with E-state index in [2.05, 4.69) is 56.3 Å². The summed E-state index contributed by atoms with van der Waals surface area (Å²) in [5, 5.41) is 0. The Morgan fingerprint density at radius 1 is 0.833 bits per heavy atom. The van der Waals surface area contributed by atoms with Crippen LogP contribution in [0.5, 0.6) is 0 Å². The average Bonchev–Trinajstić information content (AvgIpc) is 3.04. The number of benzene rings is 2. The molecule has 2 aromatic carbocycles. The van der Waals surface area contributed by atoms with Crippen molar-refractivity contribution in [1.29, 1.82) is 0 Å². The van der Waals surface area contributed by atoms with Crippen LogP contribution >= 0.6 is 0 Å². The molecule has 0 aliphatic carbocycles. The first kappa shape index (κ1) is 17.2. The van der Waals surface area contributed by atoms with Gasteiger partial charge in [0.15, 0.2) is 0 Å². The molecule has 0 nitrogen and oxygen atoms in total. The fraction of sp³-hybridized carbons (Fsp3) is 0.273. The van der Waals surface area contributed by atoms with E-state index in [4.69, 9.17) is 0 Å². The number of rotatable bonds is 6. The van der Waals surface area contributed by atoms with Gasteiger partial charge in [0.05, 0.1) is 0 Å². The normalized spacial score (nSPS) is 15.5. The molecule has 24 heavy (non-hydrogen) atoms. The van der Waals surface area contributed by atoms with E-state index < -0.39 is 0 Å². The van der Waals surface area contributed by atoms with Gasteiger partial charge in [0.2, 0.25) is 0 Å². The van der Waals surface area contributed by atoms with E-state index in [0.29, 0.717) is 0 Å². The fourth-order valence-corrected chi connectivity index (χ4v) is 6.00. The van der Waals surface area contributed by atoms with Crippen molar-refractivity contribution in [2.75, 3.05) is 0 Å². The Kier molecular flexibility index (Phi) is 5.71. The number of allylic oxidation sites excluding steroid dienone is 3. The summed E-state index contributed by atoms with van der Waals surface area (Å²) >= 11 is -0.329. The van der Waals surface area contributed by atoms with Crippen molar-refractivity contribution in [2.45, 2.75) is 39.5 Å². The molecule has 3 rings (SSSR count). The van der Waals surface area contributed by atoms with Gasteiger partial charge < -0.3 is 0 Å². The summed E-state index contributed by atoms with van der Waals surface area (Å²) in [5.41, 5.74) is 4.18. The first-order valence-electron chi connectivity index (χ1n) is 8.78. The predicted octanol–water partition coefficient (Wildman–Crippen LogP) is 5.65. The summed E-state index contributed by atoms with van der Waals surface area (Å²) in [6, 6.07) is 14.2. The summed E-state index contributed by atoms with van der Waals surface area (Å²) in [6.45, 7) is 4.38. The van der Waals surface area contributed by atoms with Crippen LogP contribution < -0.4 is 0 Å². The van der Waals surface area contributed by atoms with Crippen LogP contribution in [0.3, 0.4) is 0 Å². The molecular weight excluding hydrogens is 362 g/mol. The van der Waals surface area contributed by atoms with E-state index in [1.165, 1.54) is 20.9 Å². The summed E-state index contributed by atoms with van der Waals surface area (Å²) in [4.78, 5) is 0. The molecule has 0 atom stereocenters. The molecule has 0 aromatic heterocycles. The molecule has 0 fully saturated rings. The second kappa shape index (κ2) is 7.96. The monoisotopic (exact) mass is 388 g/mol. The molecule has 0 saturated carbocycles. The van der Waals surface area contributed by atoms with E-state index in [9.17, 15) is 4.39 Å². The molecule has 1 aliphatic rings. The van der Waals surface area contributed by atoms with E-state index in [-0.39, 0.29) is 20.8 Å². The Hall–Kier alpha value is -1.63. The summed E-state index contributed by atoms with van der Waals surface area (Å²) in [7, 11) is 0. The Labute approximate surface area is 150 Å². The third kappa shape index (κ3) is 3.88. The molecule has 0 saturated heterocycles. The zero-order chi connectivity index (χ0) is 16.9. The fourth-order valence-electron chi connectivity index (χ4n) is 3.08. The average molecular weight is 387 g/mol. The van der Waals surface area contributed by atoms with Crippen molar-refractivity contribution in [3.8, 4) is 11.1 Å². The third-order valence-electron chi connectivity index (χ3n) is 4.35. The standard InChI is InChI=1S/C22H25FSe/c1-3-5-16-7-9-17(10-8-16)18-11-13-20(21(23)15-18)22-14-12-19(24-22)6-4-2/h7-15H,3-6,24H2,1-2H3. The molecule has 1 aliphatic heterocycles. The Morgan fingerprint density at radius 2 is 1.54 bits per heavy atom. The van der Waals surface area contributed by atoms with Crippen molar-refractivity contribution >= 4 is 19.4 Å². The molecule has 126 valence electrons. The topological polar surface area (TPSA) is 0 Å². The van der Waals surface area contributed by atoms with Gasteiger partial charge in [-0.25, -0.2) is 0 Å². The van der Waals surface area contributed by atoms with Crippen LogP contribution in [-0.4, -0.2) is 15.0 Å². The van der Waals surface area contributed by atoms with Gasteiger partial charge in [0.1, 0.15) is 0 Å². The molecule has 2 heteroatoms.